The fraction of sp³-hybridized carbons (Fsp3) is 0.385. The number of methoxy groups -OCH3 is 1. The zero-order chi connectivity index (χ0) is 25.7. The number of anilines is 1. The average molecular weight is 526 g/mol. The Morgan fingerprint density at radius 2 is 2.05 bits per heavy atom. The summed E-state index contributed by atoms with van der Waals surface area (Å²) in [4.78, 5) is 30.9. The van der Waals surface area contributed by atoms with E-state index in [0.29, 0.717) is 29.1 Å². The van der Waals surface area contributed by atoms with Crippen LogP contribution in [0.2, 0.25) is 5.02 Å². The fourth-order valence-electron chi connectivity index (χ4n) is 5.45. The van der Waals surface area contributed by atoms with E-state index in [1.54, 1.807) is 36.4 Å². The summed E-state index contributed by atoms with van der Waals surface area (Å²) in [6.07, 6.45) is 5.59. The third kappa shape index (κ3) is 4.44. The second-order valence-electron chi connectivity index (χ2n) is 9.70. The summed E-state index contributed by atoms with van der Waals surface area (Å²) in [5.41, 5.74) is 2.36. The molecule has 11 heteroatoms. The fourth-order valence-corrected chi connectivity index (χ4v) is 5.72. The lowest BCUT2D eigenvalue weighted by atomic mass is 9.92. The molecule has 0 unspecified atom stereocenters. The third-order valence-corrected chi connectivity index (χ3v) is 7.76. The predicted molar refractivity (Wildman–Crippen MR) is 134 cm³/mol. The maximum absolute atomic E-state index is 15.1. The molecule has 6 rings (SSSR count). The zero-order valence-electron chi connectivity index (χ0n) is 20.0. The number of aromatic amines is 1. The normalized spacial score (nSPS) is 23.8. The number of halogens is 2. The molecule has 1 aromatic carbocycles. The Kier molecular flexibility index (Phi) is 6.08. The van der Waals surface area contributed by atoms with Gasteiger partial charge >= 0.3 is 6.03 Å². The molecule has 4 heterocycles. The Balaban J connectivity index is 1.16. The molecule has 2 aliphatic heterocycles. The van der Waals surface area contributed by atoms with Crippen molar-refractivity contribution in [2.45, 2.75) is 56.4 Å². The van der Waals surface area contributed by atoms with Crippen molar-refractivity contribution in [3.63, 3.8) is 0 Å². The highest BCUT2D eigenvalue weighted by atomic mass is 35.5. The molecular weight excluding hydrogens is 501 g/mol. The minimum Gasteiger partial charge on any atom is -0.474 e. The topological polar surface area (TPSA) is 109 Å². The van der Waals surface area contributed by atoms with Crippen molar-refractivity contribution in [1.29, 1.82) is 0 Å². The van der Waals surface area contributed by atoms with E-state index < -0.39 is 11.8 Å². The molecule has 192 valence electrons. The van der Waals surface area contributed by atoms with Crippen LogP contribution < -0.4 is 15.6 Å². The van der Waals surface area contributed by atoms with Gasteiger partial charge in [0.1, 0.15) is 11.9 Å². The maximum Gasteiger partial charge on any atom is 0.322 e. The summed E-state index contributed by atoms with van der Waals surface area (Å²) in [7, 11) is 1.69. The van der Waals surface area contributed by atoms with Crippen LogP contribution in [0.3, 0.4) is 0 Å². The van der Waals surface area contributed by atoms with Crippen molar-refractivity contribution in [3.05, 3.63) is 69.0 Å². The van der Waals surface area contributed by atoms with E-state index in [1.807, 2.05) is 0 Å². The van der Waals surface area contributed by atoms with Crippen LogP contribution in [0.5, 0.6) is 5.88 Å². The largest absolute Gasteiger partial charge is 0.474 e. The summed E-state index contributed by atoms with van der Waals surface area (Å²) in [5, 5.41) is 9.58. The Hall–Kier alpha value is -3.50. The quantitative estimate of drug-likeness (QED) is 0.508. The highest BCUT2D eigenvalue weighted by Gasteiger charge is 2.44. The summed E-state index contributed by atoms with van der Waals surface area (Å²) < 4.78 is 26.2. The lowest BCUT2D eigenvalue weighted by Gasteiger charge is -2.35. The van der Waals surface area contributed by atoms with Crippen molar-refractivity contribution in [3.8, 4) is 17.0 Å². The van der Waals surface area contributed by atoms with E-state index in [1.165, 1.54) is 12.1 Å². The number of carbonyl (C=O) groups excluding carboxylic acids is 1. The van der Waals surface area contributed by atoms with E-state index in [-0.39, 0.29) is 40.6 Å². The summed E-state index contributed by atoms with van der Waals surface area (Å²) in [5.74, 6) is -0.125. The van der Waals surface area contributed by atoms with Crippen LogP contribution in [0.1, 0.15) is 43.0 Å². The number of pyridine rings is 1. The lowest BCUT2D eigenvalue weighted by molar-refractivity contribution is -0.0396. The van der Waals surface area contributed by atoms with Crippen molar-refractivity contribution >= 4 is 23.3 Å². The Bertz CT molecular complexity index is 1410. The van der Waals surface area contributed by atoms with E-state index >= 15 is 4.39 Å². The van der Waals surface area contributed by atoms with Gasteiger partial charge in [0, 0.05) is 55.4 Å². The number of hydrogen-bond acceptors (Lipinski definition) is 6. The van der Waals surface area contributed by atoms with E-state index in [2.05, 4.69) is 20.5 Å². The highest BCUT2D eigenvalue weighted by molar-refractivity contribution is 6.33. The number of rotatable bonds is 5. The number of fused-ring (bicyclic) bond motifs is 4. The first-order chi connectivity index (χ1) is 17.9. The van der Waals surface area contributed by atoms with Gasteiger partial charge in [0.2, 0.25) is 5.88 Å². The molecule has 1 saturated carbocycles. The SMILES string of the molecule is CO[C@H]1C[C@H](Oc2ccc(-c3cc(F)c(NC(=O)N4[C@H]5CC[C@@H]4c4n[nH]c(=O)cc4C5)cc3Cl)cn2)C1. The van der Waals surface area contributed by atoms with Gasteiger partial charge in [-0.3, -0.25) is 4.79 Å². The Morgan fingerprint density at radius 1 is 1.22 bits per heavy atom. The van der Waals surface area contributed by atoms with Gasteiger partial charge in [-0.15, -0.1) is 0 Å². The van der Waals surface area contributed by atoms with Crippen molar-refractivity contribution in [2.75, 3.05) is 12.4 Å². The minimum absolute atomic E-state index is 0.0102. The van der Waals surface area contributed by atoms with Crippen LogP contribution in [-0.4, -0.2) is 51.5 Å². The van der Waals surface area contributed by atoms with Gasteiger partial charge < -0.3 is 19.7 Å². The Morgan fingerprint density at radius 3 is 2.81 bits per heavy atom. The van der Waals surface area contributed by atoms with Crippen LogP contribution in [0.15, 0.2) is 41.3 Å². The zero-order valence-corrected chi connectivity index (χ0v) is 20.8. The van der Waals surface area contributed by atoms with Gasteiger partial charge in [-0.1, -0.05) is 11.6 Å². The van der Waals surface area contributed by atoms with Gasteiger partial charge in [0.25, 0.3) is 5.56 Å². The lowest BCUT2D eigenvalue weighted by Crippen LogP contribution is -2.45. The smallest absolute Gasteiger partial charge is 0.322 e. The average Bonchev–Trinajstić information content (AvgIpc) is 3.18. The molecule has 0 radical (unpaired) electrons. The van der Waals surface area contributed by atoms with Gasteiger partial charge in [-0.05, 0) is 43.0 Å². The third-order valence-electron chi connectivity index (χ3n) is 7.45. The molecule has 3 aliphatic rings. The number of ether oxygens (including phenoxy) is 2. The molecule has 0 spiro atoms. The number of aromatic nitrogens is 3. The molecule has 3 aromatic rings. The standard InChI is InChI=1S/C26H25ClFN5O4/c1-36-16-8-17(9-16)37-24-5-2-13(12-29-24)18-10-20(28)21(11-19(18)27)30-26(35)33-15-3-4-22(33)25-14(6-15)7-23(34)31-32-25/h2,5,7,10-12,15-17,22H,3-4,6,8-9H2,1H3,(H,30,35)(H,31,34)/t15-,16-,17-,22+/m0/s1. The van der Waals surface area contributed by atoms with Crippen LogP contribution >= 0.6 is 11.6 Å². The number of nitrogens with zero attached hydrogens (tertiary/aromatic N) is 3. The maximum atomic E-state index is 15.1. The number of urea groups is 1. The van der Waals surface area contributed by atoms with Crippen LogP contribution in [0.4, 0.5) is 14.9 Å². The number of H-pyrrole nitrogens is 1. The van der Waals surface area contributed by atoms with E-state index in [4.69, 9.17) is 21.1 Å². The van der Waals surface area contributed by atoms with Gasteiger partial charge in [0.05, 0.1) is 28.5 Å². The van der Waals surface area contributed by atoms with Gasteiger partial charge in [-0.2, -0.15) is 5.10 Å². The first-order valence-electron chi connectivity index (χ1n) is 12.2. The van der Waals surface area contributed by atoms with Gasteiger partial charge in [0.15, 0.2) is 0 Å². The van der Waals surface area contributed by atoms with Gasteiger partial charge in [-0.25, -0.2) is 19.3 Å². The highest BCUT2D eigenvalue weighted by Crippen LogP contribution is 2.43. The number of benzene rings is 1. The molecule has 2 fully saturated rings. The molecule has 2 aromatic heterocycles. The Labute approximate surface area is 216 Å². The molecule has 37 heavy (non-hydrogen) atoms. The summed E-state index contributed by atoms with van der Waals surface area (Å²) in [6.45, 7) is 0. The van der Waals surface area contributed by atoms with Crippen LogP contribution in [0, 0.1) is 5.82 Å². The predicted octanol–water partition coefficient (Wildman–Crippen LogP) is 4.47. The second-order valence-corrected chi connectivity index (χ2v) is 10.1. The van der Waals surface area contributed by atoms with Crippen LogP contribution in [0.25, 0.3) is 11.1 Å². The van der Waals surface area contributed by atoms with E-state index in [9.17, 15) is 9.59 Å². The van der Waals surface area contributed by atoms with Crippen molar-refractivity contribution in [2.24, 2.45) is 0 Å². The molecule has 1 aliphatic carbocycles. The van der Waals surface area contributed by atoms with E-state index in [0.717, 1.165) is 31.2 Å². The minimum atomic E-state index is -0.611. The number of nitrogens with one attached hydrogen (secondary N) is 2. The van der Waals surface area contributed by atoms with Crippen molar-refractivity contribution < 1.29 is 18.7 Å². The number of carbonyl (C=O) groups is 1. The molecular formula is C26H25ClFN5O4. The first kappa shape index (κ1) is 23.9. The molecule has 2 amide bonds. The first-order valence-corrected chi connectivity index (χ1v) is 12.6. The molecule has 2 atom stereocenters. The molecule has 2 bridgehead atoms. The molecule has 9 nitrogen and oxygen atoms in total. The number of amides is 2. The summed E-state index contributed by atoms with van der Waals surface area (Å²) in [6, 6.07) is 6.96. The van der Waals surface area contributed by atoms with Crippen molar-refractivity contribution in [1.82, 2.24) is 20.1 Å². The van der Waals surface area contributed by atoms with Crippen LogP contribution in [-0.2, 0) is 11.2 Å². The second kappa shape index (κ2) is 9.42. The molecule has 2 N–H and O–H groups in total. The number of hydrogen-bond donors (Lipinski definition) is 2. The monoisotopic (exact) mass is 525 g/mol. The summed E-state index contributed by atoms with van der Waals surface area (Å²) >= 11 is 6.50. The molecule has 1 saturated heterocycles.